The number of hydrogen-bond acceptors (Lipinski definition) is 3. The second-order valence-corrected chi connectivity index (χ2v) is 8.04. The smallest absolute Gasteiger partial charge is 0.212 e. The van der Waals surface area contributed by atoms with Gasteiger partial charge in [0.05, 0.1) is 5.75 Å². The molecule has 21 heavy (non-hydrogen) atoms. The summed E-state index contributed by atoms with van der Waals surface area (Å²) in [5.41, 5.74) is 2.44. The van der Waals surface area contributed by atoms with E-state index in [1.165, 1.54) is 18.4 Å². The van der Waals surface area contributed by atoms with Gasteiger partial charge in [-0.15, -0.1) is 0 Å². The lowest BCUT2D eigenvalue weighted by Gasteiger charge is -2.26. The van der Waals surface area contributed by atoms with E-state index < -0.39 is 10.0 Å². The summed E-state index contributed by atoms with van der Waals surface area (Å²) in [5, 5.41) is 3.36. The third kappa shape index (κ3) is 4.28. The molecular formula is C16H24N2O2S. The molecule has 116 valence electrons. The number of aryl methyl sites for hydroxylation is 1. The van der Waals surface area contributed by atoms with Crippen LogP contribution in [-0.4, -0.2) is 26.8 Å². The molecule has 2 aliphatic rings. The monoisotopic (exact) mass is 308 g/mol. The quantitative estimate of drug-likeness (QED) is 0.759. The molecule has 1 aromatic carbocycles. The zero-order chi connectivity index (χ0) is 14.7. The number of nitrogens with one attached hydrogen (secondary N) is 2. The first-order valence-electron chi connectivity index (χ1n) is 7.95. The normalized spacial score (nSPS) is 22.0. The summed E-state index contributed by atoms with van der Waals surface area (Å²) < 4.78 is 27.4. The van der Waals surface area contributed by atoms with Crippen LogP contribution in [0.5, 0.6) is 0 Å². The minimum atomic E-state index is -3.19. The van der Waals surface area contributed by atoms with Crippen LogP contribution in [0.1, 0.15) is 49.3 Å². The van der Waals surface area contributed by atoms with Gasteiger partial charge in [0.1, 0.15) is 0 Å². The standard InChI is InChI=1S/C16H24N2O2S/c19-21(20,12-4-11-17-14-9-10-14)18-16-8-3-6-13-5-1-2-7-15(13)16/h1-2,5,7,14,16-18H,3-4,6,8-12H2. The SMILES string of the molecule is O=S(=O)(CCCNC1CC1)NC1CCCc2ccccc21. The molecule has 0 radical (unpaired) electrons. The van der Waals surface area contributed by atoms with Crippen molar-refractivity contribution in [3.63, 3.8) is 0 Å². The molecule has 0 spiro atoms. The topological polar surface area (TPSA) is 58.2 Å². The minimum Gasteiger partial charge on any atom is -0.314 e. The molecule has 0 amide bonds. The molecule has 0 aliphatic heterocycles. The molecule has 2 aliphatic carbocycles. The van der Waals surface area contributed by atoms with Crippen LogP contribution in [0, 0.1) is 0 Å². The number of fused-ring (bicyclic) bond motifs is 1. The van der Waals surface area contributed by atoms with Crippen LogP contribution in [0.15, 0.2) is 24.3 Å². The summed E-state index contributed by atoms with van der Waals surface area (Å²) in [6.07, 6.45) is 6.16. The van der Waals surface area contributed by atoms with Crippen molar-refractivity contribution in [3.8, 4) is 0 Å². The van der Waals surface area contributed by atoms with E-state index in [1.807, 2.05) is 12.1 Å². The minimum absolute atomic E-state index is 0.0451. The summed E-state index contributed by atoms with van der Waals surface area (Å²) in [7, 11) is -3.19. The van der Waals surface area contributed by atoms with Gasteiger partial charge in [-0.25, -0.2) is 13.1 Å². The van der Waals surface area contributed by atoms with Gasteiger partial charge in [-0.1, -0.05) is 24.3 Å². The van der Waals surface area contributed by atoms with Crippen LogP contribution in [0.25, 0.3) is 0 Å². The molecule has 0 heterocycles. The first kappa shape index (κ1) is 15.0. The highest BCUT2D eigenvalue weighted by atomic mass is 32.2. The summed E-state index contributed by atoms with van der Waals surface area (Å²) in [4.78, 5) is 0. The van der Waals surface area contributed by atoms with Crippen molar-refractivity contribution < 1.29 is 8.42 Å². The summed E-state index contributed by atoms with van der Waals surface area (Å²) >= 11 is 0. The van der Waals surface area contributed by atoms with Crippen LogP contribution in [0.3, 0.4) is 0 Å². The molecule has 1 saturated carbocycles. The van der Waals surface area contributed by atoms with Gasteiger partial charge in [-0.3, -0.25) is 0 Å². The highest BCUT2D eigenvalue weighted by Gasteiger charge is 2.24. The lowest BCUT2D eigenvalue weighted by Crippen LogP contribution is -2.33. The van der Waals surface area contributed by atoms with E-state index in [-0.39, 0.29) is 11.8 Å². The van der Waals surface area contributed by atoms with Crippen LogP contribution >= 0.6 is 0 Å². The Kier molecular flexibility index (Phi) is 4.62. The van der Waals surface area contributed by atoms with E-state index in [2.05, 4.69) is 22.2 Å². The molecular weight excluding hydrogens is 284 g/mol. The Morgan fingerprint density at radius 2 is 1.95 bits per heavy atom. The molecule has 0 aromatic heterocycles. The van der Waals surface area contributed by atoms with E-state index in [4.69, 9.17) is 0 Å². The van der Waals surface area contributed by atoms with Gasteiger partial charge in [0, 0.05) is 12.1 Å². The maximum atomic E-state index is 12.2. The molecule has 1 fully saturated rings. The Hall–Kier alpha value is -0.910. The fourth-order valence-corrected chi connectivity index (χ4v) is 4.33. The van der Waals surface area contributed by atoms with E-state index >= 15 is 0 Å². The van der Waals surface area contributed by atoms with Gasteiger partial charge in [-0.2, -0.15) is 0 Å². The van der Waals surface area contributed by atoms with Gasteiger partial charge in [0.15, 0.2) is 0 Å². The van der Waals surface area contributed by atoms with Crippen LogP contribution in [-0.2, 0) is 16.4 Å². The number of benzene rings is 1. The highest BCUT2D eigenvalue weighted by Crippen LogP contribution is 2.30. The van der Waals surface area contributed by atoms with Gasteiger partial charge >= 0.3 is 0 Å². The second kappa shape index (κ2) is 6.46. The van der Waals surface area contributed by atoms with Crippen molar-refractivity contribution >= 4 is 10.0 Å². The predicted octanol–water partition coefficient (Wildman–Crippen LogP) is 2.13. The molecule has 2 N–H and O–H groups in total. The third-order valence-electron chi connectivity index (χ3n) is 4.29. The van der Waals surface area contributed by atoms with Crippen LogP contribution < -0.4 is 10.0 Å². The van der Waals surface area contributed by atoms with Crippen molar-refractivity contribution in [2.75, 3.05) is 12.3 Å². The highest BCUT2D eigenvalue weighted by molar-refractivity contribution is 7.89. The number of sulfonamides is 1. The van der Waals surface area contributed by atoms with E-state index in [1.54, 1.807) is 0 Å². The maximum absolute atomic E-state index is 12.2. The lowest BCUT2D eigenvalue weighted by atomic mass is 9.88. The Balaban J connectivity index is 1.55. The first-order valence-corrected chi connectivity index (χ1v) is 9.60. The molecule has 4 nitrogen and oxygen atoms in total. The molecule has 3 rings (SSSR count). The van der Waals surface area contributed by atoms with Crippen molar-refractivity contribution in [1.29, 1.82) is 0 Å². The molecule has 0 saturated heterocycles. The molecule has 5 heteroatoms. The summed E-state index contributed by atoms with van der Waals surface area (Å²) in [6.45, 7) is 0.798. The Bertz CT molecular complexity index is 582. The zero-order valence-electron chi connectivity index (χ0n) is 12.3. The van der Waals surface area contributed by atoms with Crippen molar-refractivity contribution in [1.82, 2.24) is 10.0 Å². The maximum Gasteiger partial charge on any atom is 0.212 e. The number of rotatable bonds is 7. The first-order chi connectivity index (χ1) is 10.1. The molecule has 1 atom stereocenters. The Morgan fingerprint density at radius 1 is 1.14 bits per heavy atom. The number of hydrogen-bond donors (Lipinski definition) is 2. The van der Waals surface area contributed by atoms with Crippen molar-refractivity contribution in [2.45, 2.75) is 50.6 Å². The van der Waals surface area contributed by atoms with Crippen molar-refractivity contribution in [3.05, 3.63) is 35.4 Å². The van der Waals surface area contributed by atoms with Crippen LogP contribution in [0.4, 0.5) is 0 Å². The predicted molar refractivity (Wildman–Crippen MR) is 84.7 cm³/mol. The van der Waals surface area contributed by atoms with Gasteiger partial charge in [0.2, 0.25) is 10.0 Å². The second-order valence-electron chi connectivity index (χ2n) is 6.16. The average Bonchev–Trinajstić information content (AvgIpc) is 3.28. The van der Waals surface area contributed by atoms with E-state index in [0.29, 0.717) is 12.5 Å². The fraction of sp³-hybridized carbons (Fsp3) is 0.625. The zero-order valence-corrected chi connectivity index (χ0v) is 13.2. The Morgan fingerprint density at radius 3 is 2.76 bits per heavy atom. The van der Waals surface area contributed by atoms with Gasteiger partial charge in [-0.05, 0) is 56.2 Å². The molecule has 0 bridgehead atoms. The largest absolute Gasteiger partial charge is 0.314 e. The third-order valence-corrected chi connectivity index (χ3v) is 5.76. The van der Waals surface area contributed by atoms with Gasteiger partial charge < -0.3 is 5.32 Å². The van der Waals surface area contributed by atoms with Gasteiger partial charge in [0.25, 0.3) is 0 Å². The lowest BCUT2D eigenvalue weighted by molar-refractivity contribution is 0.505. The van der Waals surface area contributed by atoms with E-state index in [9.17, 15) is 8.42 Å². The average molecular weight is 308 g/mol. The van der Waals surface area contributed by atoms with Crippen molar-refractivity contribution in [2.24, 2.45) is 0 Å². The van der Waals surface area contributed by atoms with E-state index in [0.717, 1.165) is 31.4 Å². The van der Waals surface area contributed by atoms with Crippen LogP contribution in [0.2, 0.25) is 0 Å². The summed E-state index contributed by atoms with van der Waals surface area (Å²) in [6, 6.07) is 8.78. The Labute approximate surface area is 127 Å². The fourth-order valence-electron chi connectivity index (χ4n) is 3.01. The molecule has 1 unspecified atom stereocenters. The summed E-state index contributed by atoms with van der Waals surface area (Å²) in [5.74, 6) is 0.214. The molecule has 1 aromatic rings.